The van der Waals surface area contributed by atoms with Crippen molar-refractivity contribution in [2.45, 2.75) is 111 Å². The predicted molar refractivity (Wildman–Crippen MR) is 190 cm³/mol. The molecule has 9 nitrogen and oxygen atoms in total. The molecule has 3 heterocycles. The number of nitrogens with zero attached hydrogens (tertiary/aromatic N) is 3. The number of rotatable bonds is 14. The molecule has 1 aromatic carbocycles. The van der Waals surface area contributed by atoms with Gasteiger partial charge in [-0.05, 0) is 82.1 Å². The van der Waals surface area contributed by atoms with Crippen molar-refractivity contribution in [1.29, 1.82) is 0 Å². The number of ether oxygens (including phenoxy) is 2. The van der Waals surface area contributed by atoms with E-state index in [-0.39, 0.29) is 54.7 Å². The number of fused-ring (bicyclic) bond motifs is 1. The Kier molecular flexibility index (Phi) is 10.7. The van der Waals surface area contributed by atoms with Gasteiger partial charge in [0.25, 0.3) is 0 Å². The Hall–Kier alpha value is -3.17. The number of likely N-dealkylation sites (tertiary alicyclic amines) is 1. The highest BCUT2D eigenvalue weighted by Gasteiger charge is 2.81. The van der Waals surface area contributed by atoms with E-state index in [2.05, 4.69) is 47.8 Å². The summed E-state index contributed by atoms with van der Waals surface area (Å²) in [6.07, 6.45) is 4.54. The van der Waals surface area contributed by atoms with Gasteiger partial charge in [-0.15, -0.1) is 13.2 Å². The summed E-state index contributed by atoms with van der Waals surface area (Å²) in [7, 11) is 0. The summed E-state index contributed by atoms with van der Waals surface area (Å²) in [5.74, 6) is -2.14. The van der Waals surface area contributed by atoms with Gasteiger partial charge in [-0.3, -0.25) is 14.4 Å². The second-order valence-electron chi connectivity index (χ2n) is 16.4. The van der Waals surface area contributed by atoms with Crippen LogP contribution in [0.2, 0.25) is 0 Å². The number of aliphatic hydroxyl groups is 1. The molecule has 48 heavy (non-hydrogen) atoms. The van der Waals surface area contributed by atoms with Crippen molar-refractivity contribution in [3.63, 3.8) is 0 Å². The van der Waals surface area contributed by atoms with Crippen LogP contribution in [0.25, 0.3) is 0 Å². The molecule has 266 valence electrons. The molecule has 2 bridgehead atoms. The quantitative estimate of drug-likeness (QED) is 0.250. The molecule has 1 spiro atoms. The van der Waals surface area contributed by atoms with E-state index in [1.807, 2.05) is 63.8 Å². The van der Waals surface area contributed by atoms with Crippen LogP contribution >= 0.6 is 0 Å². The van der Waals surface area contributed by atoms with Gasteiger partial charge in [0.15, 0.2) is 0 Å². The van der Waals surface area contributed by atoms with Gasteiger partial charge in [0, 0.05) is 24.3 Å². The zero-order valence-electron chi connectivity index (χ0n) is 30.9. The first-order chi connectivity index (χ1) is 22.3. The summed E-state index contributed by atoms with van der Waals surface area (Å²) in [5.41, 5.74) is -2.26. The minimum atomic E-state index is -1.25. The lowest BCUT2D eigenvalue weighted by Crippen LogP contribution is -2.63. The molecule has 4 rings (SSSR count). The Morgan fingerprint density at radius 2 is 1.71 bits per heavy atom. The van der Waals surface area contributed by atoms with Crippen molar-refractivity contribution in [3.8, 4) is 5.75 Å². The first kappa shape index (κ1) is 37.6. The summed E-state index contributed by atoms with van der Waals surface area (Å²) < 4.78 is 12.7. The molecule has 3 unspecified atom stereocenters. The van der Waals surface area contributed by atoms with E-state index < -0.39 is 40.7 Å². The summed E-state index contributed by atoms with van der Waals surface area (Å²) >= 11 is 0. The Morgan fingerprint density at radius 1 is 1.10 bits per heavy atom. The molecule has 0 saturated carbocycles. The van der Waals surface area contributed by atoms with Gasteiger partial charge in [-0.1, -0.05) is 53.7 Å². The fourth-order valence-electron chi connectivity index (χ4n) is 9.12. The van der Waals surface area contributed by atoms with Crippen molar-refractivity contribution >= 4 is 23.4 Å². The maximum absolute atomic E-state index is 15.2. The van der Waals surface area contributed by atoms with Gasteiger partial charge in [0.2, 0.25) is 17.7 Å². The summed E-state index contributed by atoms with van der Waals surface area (Å²) in [5, 5.41) is 10.7. The van der Waals surface area contributed by atoms with Gasteiger partial charge in [-0.25, -0.2) is 0 Å². The van der Waals surface area contributed by atoms with Crippen molar-refractivity contribution in [2.75, 3.05) is 31.2 Å². The number of anilines is 1. The van der Waals surface area contributed by atoms with Gasteiger partial charge >= 0.3 is 0 Å². The summed E-state index contributed by atoms with van der Waals surface area (Å²) in [4.78, 5) is 50.2. The zero-order chi connectivity index (χ0) is 36.0. The topological polar surface area (TPSA) is 99.6 Å². The number of carbonyl (C=O) groups excluding carboxylic acids is 3. The first-order valence-electron chi connectivity index (χ1n) is 17.6. The normalized spacial score (nSPS) is 28.8. The molecule has 1 aromatic rings. The minimum absolute atomic E-state index is 0.0853. The van der Waals surface area contributed by atoms with E-state index in [1.165, 1.54) is 0 Å². The number of hydrogen-bond acceptors (Lipinski definition) is 6. The van der Waals surface area contributed by atoms with Crippen molar-refractivity contribution in [3.05, 3.63) is 49.6 Å². The molecule has 1 N–H and O–H groups in total. The van der Waals surface area contributed by atoms with Crippen LogP contribution in [0.5, 0.6) is 5.75 Å². The maximum Gasteiger partial charge on any atom is 0.249 e. The smallest absolute Gasteiger partial charge is 0.249 e. The number of carbonyl (C=O) groups is 3. The molecular formula is C39H59N3O6. The summed E-state index contributed by atoms with van der Waals surface area (Å²) in [6.45, 7) is 28.9. The lowest BCUT2D eigenvalue weighted by Gasteiger charge is -2.47. The van der Waals surface area contributed by atoms with Gasteiger partial charge in [0.1, 0.15) is 17.4 Å². The van der Waals surface area contributed by atoms with Crippen LogP contribution in [0.4, 0.5) is 5.69 Å². The molecule has 0 radical (unpaired) electrons. The third kappa shape index (κ3) is 6.33. The van der Waals surface area contributed by atoms with E-state index >= 15 is 4.79 Å². The number of aliphatic hydroxyl groups excluding tert-OH is 1. The highest BCUT2D eigenvalue weighted by molar-refractivity contribution is 6.03. The Bertz CT molecular complexity index is 1380. The average molecular weight is 666 g/mol. The molecular weight excluding hydrogens is 606 g/mol. The largest absolute Gasteiger partial charge is 0.494 e. The fourth-order valence-corrected chi connectivity index (χ4v) is 9.12. The maximum atomic E-state index is 15.2. The van der Waals surface area contributed by atoms with Gasteiger partial charge in [-0.2, -0.15) is 0 Å². The second kappa shape index (κ2) is 13.6. The molecule has 0 aromatic heterocycles. The van der Waals surface area contributed by atoms with E-state index in [4.69, 9.17) is 9.47 Å². The minimum Gasteiger partial charge on any atom is -0.494 e. The lowest BCUT2D eigenvalue weighted by atomic mass is 9.62. The molecule has 0 aliphatic carbocycles. The van der Waals surface area contributed by atoms with Crippen LogP contribution in [-0.4, -0.2) is 87.8 Å². The van der Waals surface area contributed by atoms with Gasteiger partial charge in [0.05, 0.1) is 36.7 Å². The molecule has 3 amide bonds. The number of amides is 3. The Labute approximate surface area is 288 Å². The second-order valence-corrected chi connectivity index (χ2v) is 16.4. The monoisotopic (exact) mass is 665 g/mol. The first-order valence-corrected chi connectivity index (χ1v) is 17.6. The number of hydrogen-bond donors (Lipinski definition) is 1. The van der Waals surface area contributed by atoms with E-state index in [1.54, 1.807) is 22.0 Å². The average Bonchev–Trinajstić information content (AvgIpc) is 3.50. The van der Waals surface area contributed by atoms with E-state index in [0.717, 1.165) is 0 Å². The van der Waals surface area contributed by atoms with Crippen molar-refractivity contribution < 1.29 is 29.0 Å². The zero-order valence-corrected chi connectivity index (χ0v) is 30.9. The molecule has 9 heteroatoms. The standard InChI is InChI=1S/C39H59N3O6/c1-13-20-40(27-16-18-28(19-17-27)47-15-3)33(44)30-31-34(45)42(29(23-43)25(4)5)32(39(31)22-26(6)38(30,12)48-39)35(46)41(21-14-2)37(10,11)24-36(7,8)9/h13-14,16-19,25-26,29-32,43H,1-2,15,20-24H2,3-12H3/t26?,29-,30-,31-,32?,38+,39?/m0/s1. The van der Waals surface area contributed by atoms with Crippen molar-refractivity contribution in [1.82, 2.24) is 9.80 Å². The summed E-state index contributed by atoms with van der Waals surface area (Å²) in [6, 6.07) is 5.66. The lowest BCUT2D eigenvalue weighted by molar-refractivity contribution is -0.160. The number of benzene rings is 1. The van der Waals surface area contributed by atoms with Crippen LogP contribution in [0.1, 0.15) is 82.1 Å². The molecule has 3 aliphatic rings. The molecule has 7 atom stereocenters. The van der Waals surface area contributed by atoms with Crippen LogP contribution in [-0.2, 0) is 19.1 Å². The van der Waals surface area contributed by atoms with Crippen LogP contribution < -0.4 is 9.64 Å². The highest BCUT2D eigenvalue weighted by Crippen LogP contribution is 2.66. The van der Waals surface area contributed by atoms with Crippen LogP contribution in [0.3, 0.4) is 0 Å². The highest BCUT2D eigenvalue weighted by atomic mass is 16.5. The van der Waals surface area contributed by atoms with Crippen LogP contribution in [0.15, 0.2) is 49.6 Å². The Balaban J connectivity index is 1.88. The molecule has 3 aliphatic heterocycles. The van der Waals surface area contributed by atoms with Crippen LogP contribution in [0, 0.1) is 29.1 Å². The molecule has 3 fully saturated rings. The fraction of sp³-hybridized carbons (Fsp3) is 0.667. The third-order valence-corrected chi connectivity index (χ3v) is 10.9. The SMILES string of the molecule is C=CCN(C(=O)[C@@H]1[C@H]2C(=O)N([C@@H](CO)C(C)C)C(C(=O)N(CC=C)C(C)(C)CC(C)(C)C)C23CC(C)[C@@]1(C)O3)c1ccc(OCC)cc1. The van der Waals surface area contributed by atoms with E-state index in [9.17, 15) is 14.7 Å². The Morgan fingerprint density at radius 3 is 2.21 bits per heavy atom. The van der Waals surface area contributed by atoms with E-state index in [0.29, 0.717) is 30.9 Å². The van der Waals surface area contributed by atoms with Crippen molar-refractivity contribution in [2.24, 2.45) is 29.1 Å². The third-order valence-electron chi connectivity index (χ3n) is 10.9. The van der Waals surface area contributed by atoms with Gasteiger partial charge < -0.3 is 29.3 Å². The molecule has 3 saturated heterocycles. The predicted octanol–water partition coefficient (Wildman–Crippen LogP) is 5.86.